The van der Waals surface area contributed by atoms with Crippen molar-refractivity contribution >= 4 is 39.6 Å². The van der Waals surface area contributed by atoms with Crippen LogP contribution in [-0.4, -0.2) is 51.0 Å². The fourth-order valence-electron chi connectivity index (χ4n) is 1.70. The molecule has 0 saturated carbocycles. The van der Waals surface area contributed by atoms with Crippen LogP contribution in [0.4, 0.5) is 0 Å². The summed E-state index contributed by atoms with van der Waals surface area (Å²) in [5.74, 6) is -0.105. The van der Waals surface area contributed by atoms with E-state index in [0.717, 1.165) is 10.2 Å². The molecule has 1 fully saturated rings. The number of carboxylic acid groups (broad SMARTS) is 1. The first-order chi connectivity index (χ1) is 8.59. The smallest absolute Gasteiger partial charge is 0.327 e. The number of hydrogen-bond donors (Lipinski definition) is 1. The molecular formula is C11H11BrN2O3S. The minimum absolute atomic E-state index is 0.274. The number of amides is 1. The Labute approximate surface area is 117 Å². The Balaban J connectivity index is 2.20. The zero-order chi connectivity index (χ0) is 13.1. The van der Waals surface area contributed by atoms with Gasteiger partial charge in [0.15, 0.2) is 0 Å². The van der Waals surface area contributed by atoms with Gasteiger partial charge in [-0.3, -0.25) is 4.79 Å². The van der Waals surface area contributed by atoms with Crippen molar-refractivity contribution in [1.82, 2.24) is 9.88 Å². The van der Waals surface area contributed by atoms with Crippen LogP contribution in [0, 0.1) is 0 Å². The third kappa shape index (κ3) is 2.84. The highest BCUT2D eigenvalue weighted by molar-refractivity contribution is 9.10. The van der Waals surface area contributed by atoms with Gasteiger partial charge < -0.3 is 10.0 Å². The van der Waals surface area contributed by atoms with Crippen LogP contribution >= 0.6 is 27.7 Å². The summed E-state index contributed by atoms with van der Waals surface area (Å²) in [6, 6.07) is 2.55. The van der Waals surface area contributed by atoms with Gasteiger partial charge >= 0.3 is 5.97 Å². The molecule has 0 radical (unpaired) electrons. The summed E-state index contributed by atoms with van der Waals surface area (Å²) in [7, 11) is 0. The Kier molecular flexibility index (Phi) is 4.23. The summed E-state index contributed by atoms with van der Waals surface area (Å²) in [6.45, 7) is 0.443. The van der Waals surface area contributed by atoms with E-state index >= 15 is 0 Å². The van der Waals surface area contributed by atoms with Gasteiger partial charge in [0.2, 0.25) is 0 Å². The van der Waals surface area contributed by atoms with E-state index in [1.165, 1.54) is 11.1 Å². The fourth-order valence-corrected chi connectivity index (χ4v) is 2.97. The van der Waals surface area contributed by atoms with Crippen molar-refractivity contribution in [2.45, 2.75) is 6.04 Å². The largest absolute Gasteiger partial charge is 0.480 e. The van der Waals surface area contributed by atoms with E-state index in [9.17, 15) is 9.59 Å². The predicted molar refractivity (Wildman–Crippen MR) is 71.7 cm³/mol. The number of nitrogens with zero attached hydrogens (tertiary/aromatic N) is 2. The number of rotatable bonds is 2. The van der Waals surface area contributed by atoms with Crippen LogP contribution in [0.5, 0.6) is 0 Å². The number of aromatic nitrogens is 1. The lowest BCUT2D eigenvalue weighted by atomic mass is 10.2. The molecule has 1 aliphatic heterocycles. The van der Waals surface area contributed by atoms with Crippen molar-refractivity contribution in [3.05, 3.63) is 28.5 Å². The lowest BCUT2D eigenvalue weighted by Crippen LogP contribution is -2.50. The molecule has 96 valence electrons. The number of carboxylic acids is 1. The molecule has 1 aromatic heterocycles. The van der Waals surface area contributed by atoms with E-state index < -0.39 is 12.0 Å². The molecule has 0 aromatic carbocycles. The molecule has 1 N–H and O–H groups in total. The Morgan fingerprint density at radius 2 is 2.28 bits per heavy atom. The number of halogens is 1. The van der Waals surface area contributed by atoms with E-state index in [4.69, 9.17) is 5.11 Å². The molecule has 0 spiro atoms. The minimum Gasteiger partial charge on any atom is -0.480 e. The van der Waals surface area contributed by atoms with Crippen molar-refractivity contribution in [3.8, 4) is 0 Å². The highest BCUT2D eigenvalue weighted by Gasteiger charge is 2.33. The summed E-state index contributed by atoms with van der Waals surface area (Å²) in [6.07, 6.45) is 1.53. The Bertz CT molecular complexity index is 466. The maximum Gasteiger partial charge on any atom is 0.327 e. The average Bonchev–Trinajstić information content (AvgIpc) is 2.39. The molecule has 2 rings (SSSR count). The quantitative estimate of drug-likeness (QED) is 0.889. The van der Waals surface area contributed by atoms with Gasteiger partial charge in [-0.2, -0.15) is 11.8 Å². The number of aliphatic carboxylic acids is 1. The normalized spacial score (nSPS) is 19.6. The minimum atomic E-state index is -0.965. The molecule has 2 heterocycles. The number of pyridine rings is 1. The highest BCUT2D eigenvalue weighted by Crippen LogP contribution is 2.19. The Morgan fingerprint density at radius 3 is 2.89 bits per heavy atom. The van der Waals surface area contributed by atoms with Crippen molar-refractivity contribution in [1.29, 1.82) is 0 Å². The molecule has 1 aromatic rings. The number of carbonyl (C=O) groups excluding carboxylic acids is 1. The van der Waals surface area contributed by atoms with Crippen LogP contribution < -0.4 is 0 Å². The maximum atomic E-state index is 12.2. The molecular weight excluding hydrogens is 320 g/mol. The van der Waals surface area contributed by atoms with E-state index in [1.54, 1.807) is 23.9 Å². The second kappa shape index (κ2) is 5.71. The van der Waals surface area contributed by atoms with Gasteiger partial charge in [-0.15, -0.1) is 0 Å². The SMILES string of the molecule is O=C(O)C1CSCCN1C(=O)c1ccc(Br)cn1. The first-order valence-corrected chi connectivity index (χ1v) is 7.27. The lowest BCUT2D eigenvalue weighted by molar-refractivity contribution is -0.141. The van der Waals surface area contributed by atoms with Crippen LogP contribution in [-0.2, 0) is 4.79 Å². The lowest BCUT2D eigenvalue weighted by Gasteiger charge is -2.32. The summed E-state index contributed by atoms with van der Waals surface area (Å²) >= 11 is 4.79. The van der Waals surface area contributed by atoms with Gasteiger partial charge in [-0.05, 0) is 28.1 Å². The zero-order valence-corrected chi connectivity index (χ0v) is 11.8. The van der Waals surface area contributed by atoms with Gasteiger partial charge in [0, 0.05) is 28.7 Å². The van der Waals surface area contributed by atoms with Crippen molar-refractivity contribution in [3.63, 3.8) is 0 Å². The second-order valence-electron chi connectivity index (χ2n) is 3.79. The number of thioether (sulfide) groups is 1. The highest BCUT2D eigenvalue weighted by atomic mass is 79.9. The molecule has 0 bridgehead atoms. The standard InChI is InChI=1S/C11H11BrN2O3S/c12-7-1-2-8(13-5-7)10(15)14-3-4-18-6-9(14)11(16)17/h1-2,5,9H,3-4,6H2,(H,16,17). The molecule has 1 atom stereocenters. The summed E-state index contributed by atoms with van der Waals surface area (Å²) in [4.78, 5) is 28.7. The van der Waals surface area contributed by atoms with Crippen molar-refractivity contribution in [2.75, 3.05) is 18.1 Å². The fraction of sp³-hybridized carbons (Fsp3) is 0.364. The summed E-state index contributed by atoms with van der Waals surface area (Å²) in [5, 5.41) is 9.11. The van der Waals surface area contributed by atoms with Gasteiger partial charge in [-0.1, -0.05) is 0 Å². The molecule has 18 heavy (non-hydrogen) atoms. The molecule has 1 aliphatic rings. The molecule has 5 nitrogen and oxygen atoms in total. The summed E-state index contributed by atoms with van der Waals surface area (Å²) in [5.41, 5.74) is 0.274. The number of carbonyl (C=O) groups is 2. The summed E-state index contributed by atoms with van der Waals surface area (Å²) < 4.78 is 0.781. The van der Waals surface area contributed by atoms with Gasteiger partial charge in [-0.25, -0.2) is 9.78 Å². The predicted octanol–water partition coefficient (Wildman–Crippen LogP) is 1.49. The maximum absolute atomic E-state index is 12.2. The van der Waals surface area contributed by atoms with Crippen molar-refractivity contribution < 1.29 is 14.7 Å². The Hall–Kier alpha value is -1.08. The zero-order valence-electron chi connectivity index (χ0n) is 9.38. The van der Waals surface area contributed by atoms with E-state index in [0.29, 0.717) is 12.3 Å². The monoisotopic (exact) mass is 330 g/mol. The molecule has 1 amide bonds. The molecule has 1 saturated heterocycles. The third-order valence-electron chi connectivity index (χ3n) is 2.62. The van der Waals surface area contributed by atoms with Gasteiger partial charge in [0.25, 0.3) is 5.91 Å². The average molecular weight is 331 g/mol. The van der Waals surface area contributed by atoms with Crippen molar-refractivity contribution in [2.24, 2.45) is 0 Å². The Morgan fingerprint density at radius 1 is 1.50 bits per heavy atom. The van der Waals surface area contributed by atoms with Crippen LogP contribution in [0.15, 0.2) is 22.8 Å². The van der Waals surface area contributed by atoms with E-state index in [1.807, 2.05) is 0 Å². The topological polar surface area (TPSA) is 70.5 Å². The van der Waals surface area contributed by atoms with Gasteiger partial charge in [0.05, 0.1) is 0 Å². The van der Waals surface area contributed by atoms with Crippen LogP contribution in [0.3, 0.4) is 0 Å². The second-order valence-corrected chi connectivity index (χ2v) is 5.85. The number of hydrogen-bond acceptors (Lipinski definition) is 4. The molecule has 1 unspecified atom stereocenters. The molecule has 7 heteroatoms. The van der Waals surface area contributed by atoms with Gasteiger partial charge in [0.1, 0.15) is 11.7 Å². The molecule has 0 aliphatic carbocycles. The van der Waals surface area contributed by atoms with E-state index in [-0.39, 0.29) is 11.6 Å². The first-order valence-electron chi connectivity index (χ1n) is 5.32. The van der Waals surface area contributed by atoms with Crippen LogP contribution in [0.25, 0.3) is 0 Å². The first kappa shape index (κ1) is 13.4. The van der Waals surface area contributed by atoms with Crippen LogP contribution in [0.1, 0.15) is 10.5 Å². The van der Waals surface area contributed by atoms with Crippen LogP contribution in [0.2, 0.25) is 0 Å². The van der Waals surface area contributed by atoms with E-state index in [2.05, 4.69) is 20.9 Å². The third-order valence-corrected chi connectivity index (χ3v) is 4.11.